The lowest BCUT2D eigenvalue weighted by atomic mass is 9.69. The molecule has 120 valence electrons. The second-order valence-electron chi connectivity index (χ2n) is 7.23. The highest BCUT2D eigenvalue weighted by atomic mass is 16.4. The molecule has 4 heteroatoms. The summed E-state index contributed by atoms with van der Waals surface area (Å²) in [5.41, 5.74) is -0.287. The molecule has 1 N–H and O–H groups in total. The molecule has 0 unspecified atom stereocenters. The maximum atomic E-state index is 12.5. The lowest BCUT2D eigenvalue weighted by molar-refractivity contribution is -0.142. The fourth-order valence-corrected chi connectivity index (χ4v) is 4.18. The van der Waals surface area contributed by atoms with Crippen LogP contribution >= 0.6 is 0 Å². The fraction of sp³-hybridized carbons (Fsp3) is 0.882. The van der Waals surface area contributed by atoms with Gasteiger partial charge in [-0.2, -0.15) is 0 Å². The molecule has 2 saturated carbocycles. The van der Waals surface area contributed by atoms with Crippen molar-refractivity contribution in [1.82, 2.24) is 4.90 Å². The summed E-state index contributed by atoms with van der Waals surface area (Å²) in [5.74, 6) is 0.0360. The number of carboxylic acids is 1. The topological polar surface area (TPSA) is 57.6 Å². The molecule has 0 aliphatic heterocycles. The van der Waals surface area contributed by atoms with Crippen LogP contribution < -0.4 is 0 Å². The first-order valence-electron chi connectivity index (χ1n) is 8.46. The van der Waals surface area contributed by atoms with Gasteiger partial charge in [0.2, 0.25) is 5.91 Å². The van der Waals surface area contributed by atoms with Crippen LogP contribution in [0.25, 0.3) is 0 Å². The first-order chi connectivity index (χ1) is 10.0. The molecule has 0 radical (unpaired) electrons. The van der Waals surface area contributed by atoms with Gasteiger partial charge in [0.1, 0.15) is 0 Å². The number of amides is 1. The largest absolute Gasteiger partial charge is 0.481 e. The fourth-order valence-electron chi connectivity index (χ4n) is 4.18. The maximum absolute atomic E-state index is 12.5. The van der Waals surface area contributed by atoms with Gasteiger partial charge in [0.25, 0.3) is 0 Å². The van der Waals surface area contributed by atoms with Crippen molar-refractivity contribution >= 4 is 11.9 Å². The van der Waals surface area contributed by atoms with E-state index in [2.05, 4.69) is 0 Å². The molecule has 2 rings (SSSR count). The third-order valence-electron chi connectivity index (χ3n) is 5.40. The molecular weight excluding hydrogens is 266 g/mol. The monoisotopic (exact) mass is 295 g/mol. The third-order valence-corrected chi connectivity index (χ3v) is 5.40. The Morgan fingerprint density at radius 1 is 1.05 bits per heavy atom. The molecule has 21 heavy (non-hydrogen) atoms. The third kappa shape index (κ3) is 4.72. The predicted molar refractivity (Wildman–Crippen MR) is 82.0 cm³/mol. The number of rotatable bonds is 6. The average Bonchev–Trinajstić information content (AvgIpc) is 2.91. The van der Waals surface area contributed by atoms with Crippen LogP contribution in [0, 0.1) is 11.3 Å². The molecule has 0 aromatic heterocycles. The van der Waals surface area contributed by atoms with Crippen molar-refractivity contribution in [3.05, 3.63) is 0 Å². The van der Waals surface area contributed by atoms with Gasteiger partial charge in [-0.3, -0.25) is 9.59 Å². The van der Waals surface area contributed by atoms with E-state index in [-0.39, 0.29) is 17.7 Å². The van der Waals surface area contributed by atoms with Gasteiger partial charge in [0.15, 0.2) is 0 Å². The summed E-state index contributed by atoms with van der Waals surface area (Å²) in [6.07, 6.45) is 10.7. The van der Waals surface area contributed by atoms with Gasteiger partial charge in [0.05, 0.1) is 6.42 Å². The Morgan fingerprint density at radius 3 is 2.24 bits per heavy atom. The van der Waals surface area contributed by atoms with Crippen molar-refractivity contribution in [2.45, 2.75) is 70.6 Å². The highest BCUT2D eigenvalue weighted by Gasteiger charge is 2.37. The standard InChI is InChI=1S/C17H29NO3/c1-18(13-14-7-3-4-8-14)15(19)11-17(12-16(20)21)9-5-2-6-10-17/h14H,2-13H2,1H3,(H,20,21). The Morgan fingerprint density at radius 2 is 1.67 bits per heavy atom. The zero-order valence-corrected chi connectivity index (χ0v) is 13.3. The summed E-state index contributed by atoms with van der Waals surface area (Å²) in [6.45, 7) is 0.849. The van der Waals surface area contributed by atoms with Gasteiger partial charge < -0.3 is 10.0 Å². The second-order valence-corrected chi connectivity index (χ2v) is 7.23. The van der Waals surface area contributed by atoms with Gasteiger partial charge in [-0.15, -0.1) is 0 Å². The van der Waals surface area contributed by atoms with Crippen LogP contribution in [0.15, 0.2) is 0 Å². The highest BCUT2D eigenvalue weighted by Crippen LogP contribution is 2.42. The Kier molecular flexibility index (Phi) is 5.65. The lowest BCUT2D eigenvalue weighted by Crippen LogP contribution is -2.37. The molecule has 2 fully saturated rings. The van der Waals surface area contributed by atoms with E-state index in [0.717, 1.165) is 32.2 Å². The molecule has 0 bridgehead atoms. The van der Waals surface area contributed by atoms with Crippen LogP contribution in [0.5, 0.6) is 0 Å². The van der Waals surface area contributed by atoms with Crippen molar-refractivity contribution in [2.75, 3.05) is 13.6 Å². The van der Waals surface area contributed by atoms with Gasteiger partial charge in [-0.05, 0) is 37.0 Å². The number of carbonyl (C=O) groups is 2. The Bertz CT molecular complexity index is 368. The number of carbonyl (C=O) groups excluding carboxylic acids is 1. The van der Waals surface area contributed by atoms with Crippen molar-refractivity contribution in [3.8, 4) is 0 Å². The minimum Gasteiger partial charge on any atom is -0.481 e. The first kappa shape index (κ1) is 16.3. The van der Waals surface area contributed by atoms with E-state index < -0.39 is 5.97 Å². The number of carboxylic acid groups (broad SMARTS) is 1. The summed E-state index contributed by atoms with van der Waals surface area (Å²) < 4.78 is 0. The Balaban J connectivity index is 1.91. The normalized spacial score (nSPS) is 22.1. The van der Waals surface area contributed by atoms with Crippen molar-refractivity contribution in [2.24, 2.45) is 11.3 Å². The summed E-state index contributed by atoms with van der Waals surface area (Å²) in [6, 6.07) is 0. The smallest absolute Gasteiger partial charge is 0.303 e. The maximum Gasteiger partial charge on any atom is 0.303 e. The van der Waals surface area contributed by atoms with Gasteiger partial charge in [-0.25, -0.2) is 0 Å². The van der Waals surface area contributed by atoms with Crippen molar-refractivity contribution < 1.29 is 14.7 Å². The zero-order valence-electron chi connectivity index (χ0n) is 13.3. The van der Waals surface area contributed by atoms with Crippen LogP contribution in [0.2, 0.25) is 0 Å². The number of hydrogen-bond donors (Lipinski definition) is 1. The molecular formula is C17H29NO3. The Labute approximate surface area is 127 Å². The van der Waals surface area contributed by atoms with Crippen LogP contribution in [-0.4, -0.2) is 35.5 Å². The molecule has 0 aromatic rings. The predicted octanol–water partition coefficient (Wildman–Crippen LogP) is 3.45. The van der Waals surface area contributed by atoms with E-state index in [1.54, 1.807) is 0 Å². The lowest BCUT2D eigenvalue weighted by Gasteiger charge is -2.37. The SMILES string of the molecule is CN(CC1CCCC1)C(=O)CC1(CC(=O)O)CCCCC1. The van der Waals surface area contributed by atoms with Crippen LogP contribution in [-0.2, 0) is 9.59 Å². The highest BCUT2D eigenvalue weighted by molar-refractivity contribution is 5.78. The number of hydrogen-bond acceptors (Lipinski definition) is 2. The molecule has 1 amide bonds. The molecule has 0 spiro atoms. The van der Waals surface area contributed by atoms with E-state index in [1.165, 1.54) is 32.1 Å². The number of aliphatic carboxylic acids is 1. The molecule has 2 aliphatic rings. The number of nitrogens with zero attached hydrogens (tertiary/aromatic N) is 1. The van der Waals surface area contributed by atoms with Crippen molar-refractivity contribution in [1.29, 1.82) is 0 Å². The first-order valence-corrected chi connectivity index (χ1v) is 8.46. The molecule has 0 atom stereocenters. The Hall–Kier alpha value is -1.06. The van der Waals surface area contributed by atoms with E-state index >= 15 is 0 Å². The molecule has 4 nitrogen and oxygen atoms in total. The second kappa shape index (κ2) is 7.28. The van der Waals surface area contributed by atoms with E-state index in [0.29, 0.717) is 12.3 Å². The summed E-state index contributed by atoms with van der Waals surface area (Å²) in [4.78, 5) is 25.6. The summed E-state index contributed by atoms with van der Waals surface area (Å²) in [5, 5.41) is 9.19. The quantitative estimate of drug-likeness (QED) is 0.816. The van der Waals surface area contributed by atoms with Gasteiger partial charge in [-0.1, -0.05) is 32.1 Å². The van der Waals surface area contributed by atoms with Crippen LogP contribution in [0.1, 0.15) is 70.6 Å². The summed E-state index contributed by atoms with van der Waals surface area (Å²) >= 11 is 0. The van der Waals surface area contributed by atoms with E-state index in [9.17, 15) is 14.7 Å². The van der Waals surface area contributed by atoms with Crippen LogP contribution in [0.3, 0.4) is 0 Å². The van der Waals surface area contributed by atoms with E-state index in [1.807, 2.05) is 11.9 Å². The van der Waals surface area contributed by atoms with Crippen LogP contribution in [0.4, 0.5) is 0 Å². The minimum atomic E-state index is -0.761. The summed E-state index contributed by atoms with van der Waals surface area (Å²) in [7, 11) is 1.89. The van der Waals surface area contributed by atoms with Gasteiger partial charge >= 0.3 is 5.97 Å². The average molecular weight is 295 g/mol. The zero-order chi connectivity index (χ0) is 15.3. The van der Waals surface area contributed by atoms with E-state index in [4.69, 9.17) is 0 Å². The minimum absolute atomic E-state index is 0.144. The molecule has 0 saturated heterocycles. The molecule has 2 aliphatic carbocycles. The van der Waals surface area contributed by atoms with Gasteiger partial charge in [0, 0.05) is 20.0 Å². The van der Waals surface area contributed by atoms with Crippen molar-refractivity contribution in [3.63, 3.8) is 0 Å². The molecule has 0 aromatic carbocycles. The molecule has 0 heterocycles.